The summed E-state index contributed by atoms with van der Waals surface area (Å²) < 4.78 is 1.35. The molecular weight excluding hydrogens is 336 g/mol. The van der Waals surface area contributed by atoms with Crippen molar-refractivity contribution in [2.24, 2.45) is 17.8 Å². The molecule has 3 heteroatoms. The third kappa shape index (κ3) is 6.55. The van der Waals surface area contributed by atoms with Crippen molar-refractivity contribution in [3.63, 3.8) is 0 Å². The van der Waals surface area contributed by atoms with E-state index >= 15 is 0 Å². The first-order valence-electron chi connectivity index (χ1n) is 8.88. The average molecular weight is 371 g/mol. The van der Waals surface area contributed by atoms with Crippen molar-refractivity contribution >= 4 is 15.9 Å². The summed E-state index contributed by atoms with van der Waals surface area (Å²) in [5, 5.41) is 3.49. The van der Waals surface area contributed by atoms with Crippen LogP contribution in [0.4, 0.5) is 0 Å². The number of nitrogens with zero attached hydrogens (tertiary/aromatic N) is 1. The van der Waals surface area contributed by atoms with E-state index in [0.29, 0.717) is 11.8 Å². The fourth-order valence-corrected chi connectivity index (χ4v) is 3.98. The minimum atomic E-state index is 0.551. The zero-order chi connectivity index (χ0) is 16.5. The molecule has 2 atom stereocenters. The van der Waals surface area contributed by atoms with Crippen LogP contribution in [-0.4, -0.2) is 37.1 Å². The van der Waals surface area contributed by atoms with E-state index < -0.39 is 0 Å². The van der Waals surface area contributed by atoms with Crippen LogP contribution in [0.15, 0.2) is 22.7 Å². The van der Waals surface area contributed by atoms with E-state index in [0.717, 1.165) is 18.5 Å². The Morgan fingerprint density at radius 2 is 1.82 bits per heavy atom. The van der Waals surface area contributed by atoms with Gasteiger partial charge in [-0.1, -0.05) is 54.9 Å². The van der Waals surface area contributed by atoms with Gasteiger partial charge in [0.25, 0.3) is 0 Å². The fraction of sp³-hybridized carbons (Fsp3) is 0.789. The normalized spacial score (nSPS) is 21.0. The smallest absolute Gasteiger partial charge is 0.0120 e. The molecule has 0 radical (unpaired) electrons. The largest absolute Gasteiger partial charge is 0.317 e. The first-order chi connectivity index (χ1) is 10.5. The molecule has 2 unspecified atom stereocenters. The number of halogens is 1. The van der Waals surface area contributed by atoms with E-state index in [1.165, 1.54) is 37.0 Å². The molecule has 2 nitrogen and oxygen atoms in total. The van der Waals surface area contributed by atoms with E-state index in [2.05, 4.69) is 79.0 Å². The summed E-state index contributed by atoms with van der Waals surface area (Å²) in [7, 11) is 0. The van der Waals surface area contributed by atoms with Crippen molar-refractivity contribution < 1.29 is 0 Å². The lowest BCUT2D eigenvalue weighted by Gasteiger charge is -2.39. The molecular formula is C19H35BrN2. The Balaban J connectivity index is 2.85. The highest BCUT2D eigenvalue weighted by Crippen LogP contribution is 2.29. The molecule has 0 amide bonds. The van der Waals surface area contributed by atoms with Gasteiger partial charge in [0.15, 0.2) is 0 Å². The SMILES string of the molecule is C/C=C\C(C)C(CN(CC(C)C)C1CCNCC1)/C(Br)=C\C. The number of hydrogen-bond acceptors (Lipinski definition) is 2. The maximum Gasteiger partial charge on any atom is 0.0120 e. The Morgan fingerprint density at radius 1 is 1.18 bits per heavy atom. The maximum absolute atomic E-state index is 3.82. The predicted octanol–water partition coefficient (Wildman–Crippen LogP) is 4.82. The highest BCUT2D eigenvalue weighted by molar-refractivity contribution is 9.11. The van der Waals surface area contributed by atoms with Gasteiger partial charge in [0.2, 0.25) is 0 Å². The molecule has 1 fully saturated rings. The van der Waals surface area contributed by atoms with E-state index in [9.17, 15) is 0 Å². The van der Waals surface area contributed by atoms with Crippen LogP contribution in [0.5, 0.6) is 0 Å². The van der Waals surface area contributed by atoms with Crippen molar-refractivity contribution in [3.05, 3.63) is 22.7 Å². The molecule has 1 saturated heterocycles. The third-order valence-corrected chi connectivity index (χ3v) is 5.66. The minimum Gasteiger partial charge on any atom is -0.317 e. The lowest BCUT2D eigenvalue weighted by molar-refractivity contribution is 0.124. The standard InChI is InChI=1S/C19H35BrN2/c1-6-8-16(5)18(19(20)7-2)14-22(13-15(3)4)17-9-11-21-12-10-17/h6-8,15-18,21H,9-14H2,1-5H3/b8-6-,19-7+. The molecule has 128 valence electrons. The Labute approximate surface area is 146 Å². The van der Waals surface area contributed by atoms with Gasteiger partial charge >= 0.3 is 0 Å². The summed E-state index contributed by atoms with van der Waals surface area (Å²) in [6.07, 6.45) is 9.31. The molecule has 0 aliphatic carbocycles. The Bertz CT molecular complexity index is 356. The zero-order valence-corrected chi connectivity index (χ0v) is 16.7. The van der Waals surface area contributed by atoms with Crippen molar-refractivity contribution in [3.8, 4) is 0 Å². The Morgan fingerprint density at radius 3 is 2.32 bits per heavy atom. The van der Waals surface area contributed by atoms with Crippen LogP contribution < -0.4 is 5.32 Å². The van der Waals surface area contributed by atoms with Crippen molar-refractivity contribution in [2.45, 2.75) is 53.5 Å². The summed E-state index contributed by atoms with van der Waals surface area (Å²) in [6.45, 7) is 16.0. The van der Waals surface area contributed by atoms with Gasteiger partial charge in [0.05, 0.1) is 0 Å². The first kappa shape index (κ1) is 19.9. The predicted molar refractivity (Wildman–Crippen MR) is 102 cm³/mol. The van der Waals surface area contributed by atoms with Crippen molar-refractivity contribution in [1.29, 1.82) is 0 Å². The third-order valence-electron chi connectivity index (χ3n) is 4.62. The lowest BCUT2D eigenvalue weighted by atomic mass is 9.90. The number of nitrogens with one attached hydrogen (secondary N) is 1. The Hall–Kier alpha value is -0.120. The van der Waals surface area contributed by atoms with Crippen LogP contribution in [0, 0.1) is 17.8 Å². The summed E-state index contributed by atoms with van der Waals surface area (Å²) in [6, 6.07) is 0.737. The molecule has 1 N–H and O–H groups in total. The van der Waals surface area contributed by atoms with E-state index in [-0.39, 0.29) is 0 Å². The van der Waals surface area contributed by atoms with Gasteiger partial charge in [-0.15, -0.1) is 0 Å². The topological polar surface area (TPSA) is 15.3 Å². The summed E-state index contributed by atoms with van der Waals surface area (Å²) in [5.74, 6) is 1.83. The second kappa shape index (κ2) is 10.6. The van der Waals surface area contributed by atoms with Crippen molar-refractivity contribution in [1.82, 2.24) is 10.2 Å². The van der Waals surface area contributed by atoms with Crippen LogP contribution in [0.25, 0.3) is 0 Å². The monoisotopic (exact) mass is 370 g/mol. The van der Waals surface area contributed by atoms with Crippen LogP contribution in [0.2, 0.25) is 0 Å². The molecule has 1 aliphatic rings. The molecule has 0 aromatic carbocycles. The second-order valence-corrected chi connectivity index (χ2v) is 7.91. The molecule has 0 bridgehead atoms. The summed E-state index contributed by atoms with van der Waals surface area (Å²) in [4.78, 5) is 2.75. The molecule has 22 heavy (non-hydrogen) atoms. The summed E-state index contributed by atoms with van der Waals surface area (Å²) in [5.41, 5.74) is 0. The number of allylic oxidation sites excluding steroid dienone is 3. The van der Waals surface area contributed by atoms with E-state index in [1.807, 2.05) is 0 Å². The highest BCUT2D eigenvalue weighted by atomic mass is 79.9. The van der Waals surface area contributed by atoms with Crippen LogP contribution >= 0.6 is 15.9 Å². The van der Waals surface area contributed by atoms with Gasteiger partial charge in [0, 0.05) is 25.0 Å². The molecule has 0 spiro atoms. The lowest BCUT2D eigenvalue weighted by Crippen LogP contribution is -2.47. The summed E-state index contributed by atoms with van der Waals surface area (Å²) >= 11 is 3.82. The number of rotatable bonds is 8. The van der Waals surface area contributed by atoms with Gasteiger partial charge in [-0.3, -0.25) is 4.90 Å². The Kier molecular flexibility index (Phi) is 9.62. The maximum atomic E-state index is 3.82. The molecule has 1 heterocycles. The van der Waals surface area contributed by atoms with E-state index in [1.54, 1.807) is 0 Å². The van der Waals surface area contributed by atoms with Crippen LogP contribution in [0.1, 0.15) is 47.5 Å². The van der Waals surface area contributed by atoms with E-state index in [4.69, 9.17) is 0 Å². The molecule has 1 aliphatic heterocycles. The van der Waals surface area contributed by atoms with Gasteiger partial charge in [-0.05, 0) is 56.1 Å². The van der Waals surface area contributed by atoms with Crippen LogP contribution in [0.3, 0.4) is 0 Å². The number of piperidine rings is 1. The van der Waals surface area contributed by atoms with Gasteiger partial charge in [-0.25, -0.2) is 0 Å². The molecule has 1 rings (SSSR count). The van der Waals surface area contributed by atoms with Gasteiger partial charge < -0.3 is 5.32 Å². The molecule has 0 saturated carbocycles. The van der Waals surface area contributed by atoms with Crippen molar-refractivity contribution in [2.75, 3.05) is 26.2 Å². The van der Waals surface area contributed by atoms with Crippen LogP contribution in [-0.2, 0) is 0 Å². The quantitative estimate of drug-likeness (QED) is 0.615. The van der Waals surface area contributed by atoms with Gasteiger partial charge in [-0.2, -0.15) is 0 Å². The molecule has 0 aromatic heterocycles. The highest BCUT2D eigenvalue weighted by Gasteiger charge is 2.27. The minimum absolute atomic E-state index is 0.551. The second-order valence-electron chi connectivity index (χ2n) is 6.99. The fourth-order valence-electron chi connectivity index (χ4n) is 3.42. The number of hydrogen-bond donors (Lipinski definition) is 1. The first-order valence-corrected chi connectivity index (χ1v) is 9.68. The van der Waals surface area contributed by atoms with Gasteiger partial charge in [0.1, 0.15) is 0 Å². The average Bonchev–Trinajstić information content (AvgIpc) is 2.51. The molecule has 0 aromatic rings. The zero-order valence-electron chi connectivity index (χ0n) is 15.1.